The number of rotatable bonds is 28. The Morgan fingerprint density at radius 2 is 0.571 bits per heavy atom. The highest BCUT2D eigenvalue weighted by molar-refractivity contribution is 4.70. The predicted molar refractivity (Wildman–Crippen MR) is 160 cm³/mol. The van der Waals surface area contributed by atoms with Gasteiger partial charge in [0, 0.05) is 0 Å². The zero-order valence-corrected chi connectivity index (χ0v) is 25.7. The second kappa shape index (κ2) is 27.0. The fraction of sp³-hybridized carbons (Fsp3) is 1.00. The van der Waals surface area contributed by atoms with E-state index in [2.05, 4.69) is 41.5 Å². The Morgan fingerprint density at radius 3 is 0.800 bits per heavy atom. The van der Waals surface area contributed by atoms with Crippen LogP contribution < -0.4 is 0 Å². The average Bonchev–Trinajstić information content (AvgIpc) is 2.83. The number of hydrogen-bond donors (Lipinski definition) is 0. The van der Waals surface area contributed by atoms with Crippen molar-refractivity contribution in [2.75, 3.05) is 0 Å². The molecule has 0 aromatic rings. The van der Waals surface area contributed by atoms with Gasteiger partial charge in [0.1, 0.15) is 0 Å². The maximum Gasteiger partial charge on any atom is 0.0601 e. The number of ether oxygens (including phenoxy) is 1. The summed E-state index contributed by atoms with van der Waals surface area (Å²) < 4.78 is 6.76. The van der Waals surface area contributed by atoms with Gasteiger partial charge in [-0.2, -0.15) is 0 Å². The molecule has 0 saturated carbocycles. The molecular formula is C34H70O. The van der Waals surface area contributed by atoms with Gasteiger partial charge in [-0.05, 0) is 24.7 Å². The lowest BCUT2D eigenvalue weighted by Gasteiger charge is -2.30. The van der Waals surface area contributed by atoms with Gasteiger partial charge < -0.3 is 4.74 Å². The zero-order valence-electron chi connectivity index (χ0n) is 25.7. The summed E-state index contributed by atoms with van der Waals surface area (Å²) in [5, 5.41) is 0. The quantitative estimate of drug-likeness (QED) is 0.0982. The molecular weight excluding hydrogens is 424 g/mol. The standard InChI is InChI=1S/C34H70O/c1-7-9-11-13-15-17-19-21-23-25-27-29-33(31(3)4)35-34(32(5)6)30-28-26-24-22-20-18-16-14-12-10-8-2/h31-34H,7-30H2,1-6H3. The molecule has 0 amide bonds. The van der Waals surface area contributed by atoms with Gasteiger partial charge in [-0.15, -0.1) is 0 Å². The Bertz CT molecular complexity index is 352. The Labute approximate surface area is 224 Å². The van der Waals surface area contributed by atoms with Gasteiger partial charge in [-0.25, -0.2) is 0 Å². The summed E-state index contributed by atoms with van der Waals surface area (Å²) in [6.07, 6.45) is 34.7. The van der Waals surface area contributed by atoms with Crippen LogP contribution in [0.3, 0.4) is 0 Å². The molecule has 0 rings (SSSR count). The molecule has 0 bridgehead atoms. The fourth-order valence-corrected chi connectivity index (χ4v) is 5.36. The lowest BCUT2D eigenvalue weighted by Crippen LogP contribution is -2.30. The number of hydrogen-bond acceptors (Lipinski definition) is 1. The van der Waals surface area contributed by atoms with Gasteiger partial charge in [0.15, 0.2) is 0 Å². The molecule has 1 heteroatoms. The third kappa shape index (κ3) is 24.1. The largest absolute Gasteiger partial charge is 0.374 e. The molecule has 0 aliphatic carbocycles. The van der Waals surface area contributed by atoms with Crippen molar-refractivity contribution in [1.29, 1.82) is 0 Å². The summed E-state index contributed by atoms with van der Waals surface area (Å²) in [5.41, 5.74) is 0. The van der Waals surface area contributed by atoms with Gasteiger partial charge in [0.25, 0.3) is 0 Å². The lowest BCUT2D eigenvalue weighted by atomic mass is 9.96. The van der Waals surface area contributed by atoms with Crippen molar-refractivity contribution in [3.05, 3.63) is 0 Å². The summed E-state index contributed by atoms with van der Waals surface area (Å²) in [7, 11) is 0. The van der Waals surface area contributed by atoms with Crippen LogP contribution in [0, 0.1) is 11.8 Å². The molecule has 1 nitrogen and oxygen atoms in total. The summed E-state index contributed by atoms with van der Waals surface area (Å²) in [4.78, 5) is 0. The van der Waals surface area contributed by atoms with Gasteiger partial charge >= 0.3 is 0 Å². The topological polar surface area (TPSA) is 9.23 Å². The molecule has 0 aliphatic rings. The van der Waals surface area contributed by atoms with Crippen LogP contribution in [0.15, 0.2) is 0 Å². The third-order valence-corrected chi connectivity index (χ3v) is 8.02. The van der Waals surface area contributed by atoms with E-state index in [1.165, 1.54) is 154 Å². The van der Waals surface area contributed by atoms with E-state index in [-0.39, 0.29) is 0 Å². The van der Waals surface area contributed by atoms with Crippen LogP contribution in [0.25, 0.3) is 0 Å². The van der Waals surface area contributed by atoms with Crippen LogP contribution in [-0.4, -0.2) is 12.2 Å². The van der Waals surface area contributed by atoms with Crippen molar-refractivity contribution in [2.24, 2.45) is 11.8 Å². The Balaban J connectivity index is 3.87. The van der Waals surface area contributed by atoms with Crippen LogP contribution in [0.5, 0.6) is 0 Å². The van der Waals surface area contributed by atoms with Gasteiger partial charge in [0.05, 0.1) is 12.2 Å². The molecule has 0 saturated heterocycles. The molecule has 0 aromatic heterocycles. The smallest absolute Gasteiger partial charge is 0.0601 e. The molecule has 212 valence electrons. The van der Waals surface area contributed by atoms with E-state index in [0.717, 1.165) is 0 Å². The number of unbranched alkanes of at least 4 members (excludes halogenated alkanes) is 20. The first-order valence-corrected chi connectivity index (χ1v) is 16.7. The van der Waals surface area contributed by atoms with Gasteiger partial charge in [-0.3, -0.25) is 0 Å². The van der Waals surface area contributed by atoms with Crippen molar-refractivity contribution in [3.63, 3.8) is 0 Å². The van der Waals surface area contributed by atoms with E-state index >= 15 is 0 Å². The van der Waals surface area contributed by atoms with Crippen molar-refractivity contribution < 1.29 is 4.74 Å². The molecule has 2 unspecified atom stereocenters. The maximum absolute atomic E-state index is 6.76. The van der Waals surface area contributed by atoms with Crippen molar-refractivity contribution in [3.8, 4) is 0 Å². The van der Waals surface area contributed by atoms with E-state index < -0.39 is 0 Å². The Morgan fingerprint density at radius 1 is 0.343 bits per heavy atom. The minimum atomic E-state index is 0.452. The monoisotopic (exact) mass is 495 g/mol. The van der Waals surface area contributed by atoms with E-state index in [1.54, 1.807) is 0 Å². The van der Waals surface area contributed by atoms with Crippen LogP contribution in [0.2, 0.25) is 0 Å². The van der Waals surface area contributed by atoms with E-state index in [0.29, 0.717) is 24.0 Å². The zero-order chi connectivity index (χ0) is 26.0. The highest BCUT2D eigenvalue weighted by atomic mass is 16.5. The van der Waals surface area contributed by atoms with E-state index in [1.807, 2.05) is 0 Å². The molecule has 0 aliphatic heterocycles. The molecule has 0 heterocycles. The predicted octanol–water partition coefficient (Wildman–Crippen LogP) is 12.5. The summed E-state index contributed by atoms with van der Waals surface area (Å²) in [5.74, 6) is 1.27. The summed E-state index contributed by atoms with van der Waals surface area (Å²) in [6, 6.07) is 0. The first kappa shape index (κ1) is 35.0. The molecule has 0 N–H and O–H groups in total. The molecule has 2 atom stereocenters. The third-order valence-electron chi connectivity index (χ3n) is 8.02. The van der Waals surface area contributed by atoms with E-state index in [9.17, 15) is 0 Å². The highest BCUT2D eigenvalue weighted by Crippen LogP contribution is 2.24. The first-order chi connectivity index (χ1) is 17.0. The van der Waals surface area contributed by atoms with Crippen molar-refractivity contribution in [2.45, 2.75) is 208 Å². The summed E-state index contributed by atoms with van der Waals surface area (Å²) >= 11 is 0. The van der Waals surface area contributed by atoms with Crippen LogP contribution in [0.1, 0.15) is 196 Å². The molecule has 0 spiro atoms. The van der Waals surface area contributed by atoms with Crippen LogP contribution >= 0.6 is 0 Å². The first-order valence-electron chi connectivity index (χ1n) is 16.7. The lowest BCUT2D eigenvalue weighted by molar-refractivity contribution is -0.0650. The fourth-order valence-electron chi connectivity index (χ4n) is 5.36. The highest BCUT2D eigenvalue weighted by Gasteiger charge is 2.21. The second-order valence-electron chi connectivity index (χ2n) is 12.3. The molecule has 0 aromatic carbocycles. The second-order valence-corrected chi connectivity index (χ2v) is 12.3. The normalized spacial score (nSPS) is 13.7. The van der Waals surface area contributed by atoms with E-state index in [4.69, 9.17) is 4.74 Å². The van der Waals surface area contributed by atoms with Gasteiger partial charge in [0.2, 0.25) is 0 Å². The minimum Gasteiger partial charge on any atom is -0.374 e. The Hall–Kier alpha value is -0.0400. The Kier molecular flexibility index (Phi) is 27.0. The van der Waals surface area contributed by atoms with Crippen molar-refractivity contribution >= 4 is 0 Å². The summed E-state index contributed by atoms with van der Waals surface area (Å²) in [6.45, 7) is 14.1. The molecule has 0 radical (unpaired) electrons. The molecule has 0 fully saturated rings. The van der Waals surface area contributed by atoms with Crippen LogP contribution in [0.4, 0.5) is 0 Å². The maximum atomic E-state index is 6.76. The van der Waals surface area contributed by atoms with Crippen molar-refractivity contribution in [1.82, 2.24) is 0 Å². The average molecular weight is 495 g/mol. The SMILES string of the molecule is CCCCCCCCCCCCCC(OC(CCCCCCCCCCCCC)C(C)C)C(C)C. The van der Waals surface area contributed by atoms with Gasteiger partial charge in [-0.1, -0.05) is 183 Å². The van der Waals surface area contributed by atoms with Crippen LogP contribution in [-0.2, 0) is 4.74 Å². The minimum absolute atomic E-state index is 0.452. The molecule has 35 heavy (non-hydrogen) atoms.